The van der Waals surface area contributed by atoms with E-state index in [0.717, 1.165) is 11.8 Å². The van der Waals surface area contributed by atoms with Crippen LogP contribution < -0.4 is 0 Å². The lowest BCUT2D eigenvalue weighted by Crippen LogP contribution is -2.07. The quantitative estimate of drug-likeness (QED) is 0.428. The maximum absolute atomic E-state index is 2.40. The Hall–Kier alpha value is -0.780. The third-order valence-corrected chi connectivity index (χ3v) is 4.67. The molecule has 0 aliphatic heterocycles. The molecule has 1 rings (SSSR count). The first kappa shape index (κ1) is 17.3. The lowest BCUT2D eigenvalue weighted by Gasteiger charge is -2.24. The van der Waals surface area contributed by atoms with Crippen LogP contribution in [0.15, 0.2) is 24.3 Å². The SMILES string of the molecule is CCCCC(CC)c1ccccc1C(CC)CCCC. The number of rotatable bonds is 10. The highest BCUT2D eigenvalue weighted by Crippen LogP contribution is 2.35. The van der Waals surface area contributed by atoms with Crippen molar-refractivity contribution in [2.75, 3.05) is 0 Å². The second-order valence-electron chi connectivity index (χ2n) is 6.12. The summed E-state index contributed by atoms with van der Waals surface area (Å²) < 4.78 is 0. The van der Waals surface area contributed by atoms with Gasteiger partial charge in [-0.1, -0.05) is 77.6 Å². The van der Waals surface area contributed by atoms with Gasteiger partial charge in [0.25, 0.3) is 0 Å². The van der Waals surface area contributed by atoms with Gasteiger partial charge in [0.15, 0.2) is 0 Å². The van der Waals surface area contributed by atoms with Gasteiger partial charge in [0.2, 0.25) is 0 Å². The van der Waals surface area contributed by atoms with E-state index < -0.39 is 0 Å². The first-order valence-electron chi connectivity index (χ1n) is 8.87. The smallest absolute Gasteiger partial charge is 0.0162 e. The minimum Gasteiger partial charge on any atom is -0.0654 e. The topological polar surface area (TPSA) is 0 Å². The second-order valence-corrected chi connectivity index (χ2v) is 6.12. The first-order valence-corrected chi connectivity index (χ1v) is 8.87. The summed E-state index contributed by atoms with van der Waals surface area (Å²) in [7, 11) is 0. The molecule has 0 fully saturated rings. The molecule has 0 bridgehead atoms. The molecule has 2 unspecified atom stereocenters. The van der Waals surface area contributed by atoms with Gasteiger partial charge in [-0.25, -0.2) is 0 Å². The Morgan fingerprint density at radius 1 is 0.700 bits per heavy atom. The predicted molar refractivity (Wildman–Crippen MR) is 91.6 cm³/mol. The standard InChI is InChI=1S/C20H34/c1-5-9-13-17(7-3)19-15-11-12-16-20(19)18(8-4)14-10-6-2/h11-12,15-18H,5-10,13-14H2,1-4H3. The van der Waals surface area contributed by atoms with E-state index in [1.165, 1.54) is 51.4 Å². The number of benzene rings is 1. The molecule has 20 heavy (non-hydrogen) atoms. The fourth-order valence-corrected chi connectivity index (χ4v) is 3.31. The van der Waals surface area contributed by atoms with Gasteiger partial charge < -0.3 is 0 Å². The molecule has 2 atom stereocenters. The van der Waals surface area contributed by atoms with Crippen LogP contribution in [0, 0.1) is 0 Å². The molecule has 0 N–H and O–H groups in total. The van der Waals surface area contributed by atoms with Crippen LogP contribution >= 0.6 is 0 Å². The Morgan fingerprint density at radius 2 is 1.10 bits per heavy atom. The summed E-state index contributed by atoms with van der Waals surface area (Å²) in [5.41, 5.74) is 3.29. The van der Waals surface area contributed by atoms with Crippen molar-refractivity contribution < 1.29 is 0 Å². The van der Waals surface area contributed by atoms with E-state index in [0.29, 0.717) is 0 Å². The highest BCUT2D eigenvalue weighted by atomic mass is 14.2. The van der Waals surface area contributed by atoms with Crippen LogP contribution in [0.2, 0.25) is 0 Å². The Kier molecular flexibility index (Phi) is 8.65. The van der Waals surface area contributed by atoms with Crippen molar-refractivity contribution in [1.82, 2.24) is 0 Å². The molecule has 0 amide bonds. The van der Waals surface area contributed by atoms with Crippen LogP contribution in [-0.2, 0) is 0 Å². The second kappa shape index (κ2) is 10.0. The average molecular weight is 274 g/mol. The van der Waals surface area contributed by atoms with Crippen molar-refractivity contribution in [2.45, 2.75) is 90.9 Å². The minimum absolute atomic E-state index is 0.766. The summed E-state index contributed by atoms with van der Waals surface area (Å²) in [4.78, 5) is 0. The minimum atomic E-state index is 0.766. The van der Waals surface area contributed by atoms with E-state index in [-0.39, 0.29) is 0 Å². The summed E-state index contributed by atoms with van der Waals surface area (Å²) in [6, 6.07) is 9.27. The largest absolute Gasteiger partial charge is 0.0654 e. The molecule has 0 aromatic heterocycles. The monoisotopic (exact) mass is 274 g/mol. The molecule has 0 aliphatic rings. The first-order chi connectivity index (χ1) is 9.78. The van der Waals surface area contributed by atoms with Crippen LogP contribution in [0.25, 0.3) is 0 Å². The van der Waals surface area contributed by atoms with Gasteiger partial charge in [-0.15, -0.1) is 0 Å². The number of hydrogen-bond acceptors (Lipinski definition) is 0. The van der Waals surface area contributed by atoms with E-state index in [9.17, 15) is 0 Å². The van der Waals surface area contributed by atoms with Crippen molar-refractivity contribution in [1.29, 1.82) is 0 Å². The summed E-state index contributed by atoms with van der Waals surface area (Å²) in [6.45, 7) is 9.30. The molecule has 1 aromatic carbocycles. The Bertz CT molecular complexity index is 318. The van der Waals surface area contributed by atoms with Crippen LogP contribution in [-0.4, -0.2) is 0 Å². The van der Waals surface area contributed by atoms with Crippen LogP contribution in [0.4, 0.5) is 0 Å². The predicted octanol–water partition coefficient (Wildman–Crippen LogP) is 7.05. The van der Waals surface area contributed by atoms with E-state index in [4.69, 9.17) is 0 Å². The zero-order valence-electron chi connectivity index (χ0n) is 14.1. The molecule has 0 aliphatic carbocycles. The van der Waals surface area contributed by atoms with Crippen molar-refractivity contribution in [3.05, 3.63) is 35.4 Å². The third-order valence-electron chi connectivity index (χ3n) is 4.67. The zero-order chi connectivity index (χ0) is 14.8. The van der Waals surface area contributed by atoms with Crippen molar-refractivity contribution in [2.24, 2.45) is 0 Å². The van der Waals surface area contributed by atoms with Crippen LogP contribution in [0.3, 0.4) is 0 Å². The fourth-order valence-electron chi connectivity index (χ4n) is 3.31. The maximum atomic E-state index is 2.40. The molecule has 0 nitrogen and oxygen atoms in total. The van der Waals surface area contributed by atoms with E-state index in [1.54, 1.807) is 11.1 Å². The van der Waals surface area contributed by atoms with Gasteiger partial charge in [0.05, 0.1) is 0 Å². The molecule has 1 aromatic rings. The van der Waals surface area contributed by atoms with Crippen molar-refractivity contribution >= 4 is 0 Å². The maximum Gasteiger partial charge on any atom is -0.0162 e. The summed E-state index contributed by atoms with van der Waals surface area (Å²) >= 11 is 0. The molecule has 0 heterocycles. The lowest BCUT2D eigenvalue weighted by atomic mass is 9.81. The third kappa shape index (κ3) is 4.96. The van der Waals surface area contributed by atoms with Gasteiger partial charge in [-0.05, 0) is 48.6 Å². The molecule has 0 spiro atoms. The molecule has 0 heteroatoms. The lowest BCUT2D eigenvalue weighted by molar-refractivity contribution is 0.533. The van der Waals surface area contributed by atoms with E-state index in [2.05, 4.69) is 52.0 Å². The van der Waals surface area contributed by atoms with Crippen molar-refractivity contribution in [3.8, 4) is 0 Å². The van der Waals surface area contributed by atoms with Gasteiger partial charge >= 0.3 is 0 Å². The summed E-state index contributed by atoms with van der Waals surface area (Å²) in [6.07, 6.45) is 10.6. The van der Waals surface area contributed by atoms with Gasteiger partial charge in [0, 0.05) is 0 Å². The molecule has 0 radical (unpaired) electrons. The Labute approximate surface area is 127 Å². The summed E-state index contributed by atoms with van der Waals surface area (Å²) in [5.74, 6) is 1.53. The van der Waals surface area contributed by atoms with Crippen LogP contribution in [0.1, 0.15) is 102 Å². The molecule has 114 valence electrons. The van der Waals surface area contributed by atoms with E-state index >= 15 is 0 Å². The van der Waals surface area contributed by atoms with Crippen LogP contribution in [0.5, 0.6) is 0 Å². The number of unbranched alkanes of at least 4 members (excludes halogenated alkanes) is 2. The van der Waals surface area contributed by atoms with Gasteiger partial charge in [-0.2, -0.15) is 0 Å². The van der Waals surface area contributed by atoms with Crippen molar-refractivity contribution in [3.63, 3.8) is 0 Å². The highest BCUT2D eigenvalue weighted by Gasteiger charge is 2.18. The average Bonchev–Trinajstić information content (AvgIpc) is 2.50. The summed E-state index contributed by atoms with van der Waals surface area (Å²) in [5, 5.41) is 0. The Balaban J connectivity index is 2.94. The van der Waals surface area contributed by atoms with Gasteiger partial charge in [0.1, 0.15) is 0 Å². The molecule has 0 saturated heterocycles. The Morgan fingerprint density at radius 3 is 1.40 bits per heavy atom. The normalized spacial score (nSPS) is 14.2. The zero-order valence-corrected chi connectivity index (χ0v) is 14.1. The fraction of sp³-hybridized carbons (Fsp3) is 0.700. The van der Waals surface area contributed by atoms with Gasteiger partial charge in [-0.3, -0.25) is 0 Å². The highest BCUT2D eigenvalue weighted by molar-refractivity contribution is 5.33. The number of hydrogen-bond donors (Lipinski definition) is 0. The van der Waals surface area contributed by atoms with E-state index in [1.807, 2.05) is 0 Å². The molecule has 0 saturated carbocycles. The molecular weight excluding hydrogens is 240 g/mol. The molecular formula is C20H34.